The fraction of sp³-hybridized carbons (Fsp3) is 0.333. The van der Waals surface area contributed by atoms with Crippen LogP contribution in [-0.4, -0.2) is 51.2 Å². The summed E-state index contributed by atoms with van der Waals surface area (Å²) in [6, 6.07) is 9.00. The van der Waals surface area contributed by atoms with Gasteiger partial charge >= 0.3 is 0 Å². The highest BCUT2D eigenvalue weighted by Gasteiger charge is 2.24. The van der Waals surface area contributed by atoms with E-state index in [2.05, 4.69) is 4.90 Å². The van der Waals surface area contributed by atoms with Crippen LogP contribution < -0.4 is 19.8 Å². The number of carbonyl (C=O) groups is 1. The van der Waals surface area contributed by atoms with Gasteiger partial charge in [-0.15, -0.1) is 0 Å². The van der Waals surface area contributed by atoms with Crippen molar-refractivity contribution in [1.82, 2.24) is 4.90 Å². The van der Waals surface area contributed by atoms with Gasteiger partial charge in [-0.1, -0.05) is 6.07 Å². The molecule has 1 amide bonds. The number of ether oxygens (including phenoxy) is 2. The van der Waals surface area contributed by atoms with E-state index in [1.807, 2.05) is 24.3 Å². The third-order valence-corrected chi connectivity index (χ3v) is 4.21. The number of hydrogen-bond donors (Lipinski definition) is 0. The summed E-state index contributed by atoms with van der Waals surface area (Å²) in [5.41, 5.74) is 0.689. The van der Waals surface area contributed by atoms with Gasteiger partial charge in [0.25, 0.3) is 5.91 Å². The fourth-order valence-electron chi connectivity index (χ4n) is 2.79. The summed E-state index contributed by atoms with van der Waals surface area (Å²) in [5.74, 6) is 0.626. The summed E-state index contributed by atoms with van der Waals surface area (Å²) in [4.78, 5) is 28.2. The fourth-order valence-corrected chi connectivity index (χ4v) is 2.79. The van der Waals surface area contributed by atoms with Crippen LogP contribution in [0.1, 0.15) is 10.6 Å². The van der Waals surface area contributed by atoms with Crippen molar-refractivity contribution in [3.8, 4) is 11.5 Å². The minimum atomic E-state index is -0.368. The van der Waals surface area contributed by atoms with Gasteiger partial charge in [0.15, 0.2) is 5.76 Å². The van der Waals surface area contributed by atoms with E-state index in [0.717, 1.165) is 11.4 Å². The Morgan fingerprint density at radius 2 is 1.84 bits per heavy atom. The highest BCUT2D eigenvalue weighted by molar-refractivity contribution is 5.91. The molecule has 0 spiro atoms. The van der Waals surface area contributed by atoms with Crippen LogP contribution in [0, 0.1) is 0 Å². The van der Waals surface area contributed by atoms with E-state index in [1.165, 1.54) is 19.4 Å². The number of carbonyl (C=O) groups excluding carboxylic acids is 1. The predicted molar refractivity (Wildman–Crippen MR) is 92.6 cm³/mol. The molecule has 1 saturated heterocycles. The van der Waals surface area contributed by atoms with Gasteiger partial charge in [0.2, 0.25) is 11.2 Å². The first-order valence-electron chi connectivity index (χ1n) is 7.97. The molecule has 132 valence electrons. The maximum absolute atomic E-state index is 12.5. The quantitative estimate of drug-likeness (QED) is 0.839. The molecule has 0 unspecified atom stereocenters. The summed E-state index contributed by atoms with van der Waals surface area (Å²) in [6.45, 7) is 2.48. The maximum Gasteiger partial charge on any atom is 0.289 e. The Hall–Kier alpha value is -2.96. The van der Waals surface area contributed by atoms with Crippen LogP contribution in [-0.2, 0) is 0 Å². The van der Waals surface area contributed by atoms with Crippen molar-refractivity contribution in [1.29, 1.82) is 0 Å². The molecular weight excluding hydrogens is 324 g/mol. The van der Waals surface area contributed by atoms with Crippen molar-refractivity contribution in [2.24, 2.45) is 0 Å². The van der Waals surface area contributed by atoms with Crippen molar-refractivity contribution >= 4 is 11.6 Å². The molecule has 1 aromatic carbocycles. The normalized spacial score (nSPS) is 14.3. The third kappa shape index (κ3) is 3.60. The Morgan fingerprint density at radius 3 is 2.48 bits per heavy atom. The van der Waals surface area contributed by atoms with Crippen molar-refractivity contribution in [2.75, 3.05) is 45.3 Å². The average molecular weight is 344 g/mol. The zero-order valence-electron chi connectivity index (χ0n) is 14.2. The average Bonchev–Trinajstić information content (AvgIpc) is 2.67. The van der Waals surface area contributed by atoms with E-state index in [9.17, 15) is 9.59 Å². The zero-order chi connectivity index (χ0) is 17.8. The third-order valence-electron chi connectivity index (χ3n) is 4.21. The van der Waals surface area contributed by atoms with Crippen LogP contribution in [0.5, 0.6) is 11.5 Å². The molecule has 7 heteroatoms. The molecule has 1 aliphatic heterocycles. The highest BCUT2D eigenvalue weighted by atomic mass is 16.5. The summed E-state index contributed by atoms with van der Waals surface area (Å²) < 4.78 is 15.3. The Labute approximate surface area is 145 Å². The number of amides is 1. The topological polar surface area (TPSA) is 72.2 Å². The first-order valence-corrected chi connectivity index (χ1v) is 7.97. The van der Waals surface area contributed by atoms with E-state index >= 15 is 0 Å². The molecule has 1 fully saturated rings. The van der Waals surface area contributed by atoms with E-state index in [0.29, 0.717) is 26.2 Å². The minimum absolute atomic E-state index is 0.0284. The monoisotopic (exact) mass is 344 g/mol. The number of nitrogens with zero attached hydrogens (tertiary/aromatic N) is 2. The molecule has 0 atom stereocenters. The summed E-state index contributed by atoms with van der Waals surface area (Å²) in [6.07, 6.45) is 1.17. The van der Waals surface area contributed by atoms with E-state index in [-0.39, 0.29) is 22.8 Å². The number of methoxy groups -OCH3 is 2. The molecule has 2 aromatic rings. The molecule has 0 saturated carbocycles. The van der Waals surface area contributed by atoms with E-state index < -0.39 is 0 Å². The number of anilines is 1. The summed E-state index contributed by atoms with van der Waals surface area (Å²) >= 11 is 0. The zero-order valence-corrected chi connectivity index (χ0v) is 14.2. The van der Waals surface area contributed by atoms with Gasteiger partial charge in [-0.05, 0) is 12.1 Å². The Morgan fingerprint density at radius 1 is 1.08 bits per heavy atom. The second kappa shape index (κ2) is 7.29. The lowest BCUT2D eigenvalue weighted by atomic mass is 10.2. The largest absolute Gasteiger partial charge is 0.497 e. The number of benzene rings is 1. The van der Waals surface area contributed by atoms with Gasteiger partial charge in [-0.3, -0.25) is 9.59 Å². The maximum atomic E-state index is 12.5. The van der Waals surface area contributed by atoms with Crippen molar-refractivity contribution < 1.29 is 18.7 Å². The van der Waals surface area contributed by atoms with Crippen molar-refractivity contribution in [2.45, 2.75) is 0 Å². The van der Waals surface area contributed by atoms with Gasteiger partial charge in [0, 0.05) is 44.0 Å². The molecule has 0 aliphatic carbocycles. The molecule has 0 N–H and O–H groups in total. The molecule has 0 bridgehead atoms. The second-order valence-corrected chi connectivity index (χ2v) is 5.66. The SMILES string of the molecule is COc1cccc(N2CCN(C(=O)c3cc(=O)c(OC)co3)CC2)c1. The first-order chi connectivity index (χ1) is 12.1. The molecule has 3 rings (SSSR count). The highest BCUT2D eigenvalue weighted by Crippen LogP contribution is 2.22. The standard InChI is InChI=1S/C18H20N2O5/c1-23-14-5-3-4-13(10-14)19-6-8-20(9-7-19)18(22)16-11-15(21)17(24-2)12-25-16/h3-5,10-12H,6-9H2,1-2H3. The van der Waals surface area contributed by atoms with Crippen LogP contribution in [0.3, 0.4) is 0 Å². The van der Waals surface area contributed by atoms with Crippen LogP contribution in [0.2, 0.25) is 0 Å². The smallest absolute Gasteiger partial charge is 0.289 e. The minimum Gasteiger partial charge on any atom is -0.497 e. The molecular formula is C18H20N2O5. The number of rotatable bonds is 4. The number of hydrogen-bond acceptors (Lipinski definition) is 6. The van der Waals surface area contributed by atoms with Gasteiger partial charge in [0.1, 0.15) is 12.0 Å². The van der Waals surface area contributed by atoms with Crippen LogP contribution in [0.4, 0.5) is 5.69 Å². The Kier molecular flexibility index (Phi) is 4.92. The molecule has 2 heterocycles. The van der Waals surface area contributed by atoms with Gasteiger partial charge < -0.3 is 23.7 Å². The Bertz CT molecular complexity index is 809. The van der Waals surface area contributed by atoms with Crippen molar-refractivity contribution in [3.05, 3.63) is 52.6 Å². The van der Waals surface area contributed by atoms with Gasteiger partial charge in [-0.25, -0.2) is 0 Å². The molecule has 1 aliphatic rings. The molecule has 25 heavy (non-hydrogen) atoms. The molecule has 1 aromatic heterocycles. The number of piperazine rings is 1. The van der Waals surface area contributed by atoms with Crippen LogP contribution in [0.25, 0.3) is 0 Å². The lowest BCUT2D eigenvalue weighted by Gasteiger charge is -2.35. The Balaban J connectivity index is 1.66. The lowest BCUT2D eigenvalue weighted by molar-refractivity contribution is 0.0711. The lowest BCUT2D eigenvalue weighted by Crippen LogP contribution is -2.48. The molecule has 7 nitrogen and oxygen atoms in total. The van der Waals surface area contributed by atoms with Crippen molar-refractivity contribution in [3.63, 3.8) is 0 Å². The first kappa shape index (κ1) is 16.9. The molecule has 0 radical (unpaired) electrons. The van der Waals surface area contributed by atoms with E-state index in [4.69, 9.17) is 13.9 Å². The second-order valence-electron chi connectivity index (χ2n) is 5.66. The van der Waals surface area contributed by atoms with Gasteiger partial charge in [0.05, 0.1) is 14.2 Å². The van der Waals surface area contributed by atoms with E-state index in [1.54, 1.807) is 12.0 Å². The predicted octanol–water partition coefficient (Wildman–Crippen LogP) is 1.62. The van der Waals surface area contributed by atoms with Crippen LogP contribution >= 0.6 is 0 Å². The summed E-state index contributed by atoms with van der Waals surface area (Å²) in [7, 11) is 3.02. The van der Waals surface area contributed by atoms with Gasteiger partial charge in [-0.2, -0.15) is 0 Å². The summed E-state index contributed by atoms with van der Waals surface area (Å²) in [5, 5.41) is 0. The van der Waals surface area contributed by atoms with Crippen LogP contribution in [0.15, 0.2) is 45.8 Å².